The smallest absolute Gasteiger partial charge is 0.361 e. The minimum Gasteiger partial charge on any atom is -0.361 e. The number of halogens is 3. The zero-order chi connectivity index (χ0) is 19.7. The van der Waals surface area contributed by atoms with Crippen LogP contribution >= 0.6 is 0 Å². The summed E-state index contributed by atoms with van der Waals surface area (Å²) >= 11 is 0. The van der Waals surface area contributed by atoms with E-state index in [1.165, 1.54) is 12.1 Å². The van der Waals surface area contributed by atoms with Crippen molar-refractivity contribution in [3.63, 3.8) is 0 Å². The highest BCUT2D eigenvalue weighted by atomic mass is 19.4. The summed E-state index contributed by atoms with van der Waals surface area (Å²) < 4.78 is 38.0. The molecule has 2 aromatic carbocycles. The maximum absolute atomic E-state index is 12.7. The number of H-pyrrole nitrogens is 1. The van der Waals surface area contributed by atoms with Crippen molar-refractivity contribution >= 4 is 16.7 Å². The summed E-state index contributed by atoms with van der Waals surface area (Å²) in [6.45, 7) is 0. The third-order valence-corrected chi connectivity index (χ3v) is 4.53. The van der Waals surface area contributed by atoms with Gasteiger partial charge >= 0.3 is 6.18 Å². The summed E-state index contributed by atoms with van der Waals surface area (Å²) in [5.41, 5.74) is 2.63. The molecule has 140 valence electrons. The first-order valence-corrected chi connectivity index (χ1v) is 8.64. The van der Waals surface area contributed by atoms with Crippen molar-refractivity contribution in [2.45, 2.75) is 12.6 Å². The summed E-state index contributed by atoms with van der Waals surface area (Å²) in [5, 5.41) is 1.04. The predicted octanol–water partition coefficient (Wildman–Crippen LogP) is 5.67. The third kappa shape index (κ3) is 3.67. The Labute approximate surface area is 158 Å². The largest absolute Gasteiger partial charge is 0.416 e. The number of carbonyl (C=O) groups excluding carboxylic acids is 1. The summed E-state index contributed by atoms with van der Waals surface area (Å²) in [5.74, 6) is -0.246. The molecule has 1 N–H and O–H groups in total. The highest BCUT2D eigenvalue weighted by molar-refractivity contribution is 5.96. The molecule has 0 fully saturated rings. The molecule has 0 amide bonds. The fourth-order valence-electron chi connectivity index (χ4n) is 3.05. The molecule has 0 aliphatic carbocycles. The fraction of sp³-hybridized carbons (Fsp3) is 0.0909. The van der Waals surface area contributed by atoms with Crippen LogP contribution in [0.5, 0.6) is 0 Å². The van der Waals surface area contributed by atoms with Crippen molar-refractivity contribution in [3.05, 3.63) is 89.7 Å². The number of nitrogens with zero attached hydrogens (tertiary/aromatic N) is 1. The molecule has 2 heterocycles. The molecule has 0 saturated heterocycles. The lowest BCUT2D eigenvalue weighted by molar-refractivity contribution is -0.137. The summed E-state index contributed by atoms with van der Waals surface area (Å²) in [4.78, 5) is 20.1. The van der Waals surface area contributed by atoms with E-state index in [4.69, 9.17) is 0 Å². The Bertz CT molecular complexity index is 1140. The summed E-state index contributed by atoms with van der Waals surface area (Å²) in [7, 11) is 0. The van der Waals surface area contributed by atoms with Gasteiger partial charge in [-0.25, -0.2) is 4.98 Å². The number of fused-ring (bicyclic) bond motifs is 1. The number of aromatic nitrogens is 2. The van der Waals surface area contributed by atoms with Crippen LogP contribution in [-0.2, 0) is 12.6 Å². The zero-order valence-corrected chi connectivity index (χ0v) is 14.6. The number of ketones is 1. The van der Waals surface area contributed by atoms with Crippen LogP contribution in [0, 0.1) is 0 Å². The van der Waals surface area contributed by atoms with Gasteiger partial charge in [0.25, 0.3) is 0 Å². The van der Waals surface area contributed by atoms with Crippen molar-refractivity contribution in [3.8, 4) is 11.3 Å². The van der Waals surface area contributed by atoms with E-state index in [1.54, 1.807) is 12.1 Å². The van der Waals surface area contributed by atoms with E-state index in [-0.39, 0.29) is 17.9 Å². The molecule has 0 bridgehead atoms. The number of carbonyl (C=O) groups is 1. The molecular weight excluding hydrogens is 365 g/mol. The average molecular weight is 380 g/mol. The Balaban J connectivity index is 1.56. The van der Waals surface area contributed by atoms with Crippen LogP contribution in [0.15, 0.2) is 72.9 Å². The second-order valence-electron chi connectivity index (χ2n) is 6.48. The van der Waals surface area contributed by atoms with E-state index in [2.05, 4.69) is 9.97 Å². The standard InChI is InChI=1S/C22H15F3N2O/c23-22(24,25)17-7-4-14(5-8-17)12-21(28)20-3-1-2-19(27-20)15-6-9-18-16(13-15)10-11-26-18/h1-11,13,26H,12H2. The summed E-state index contributed by atoms with van der Waals surface area (Å²) in [6.07, 6.45) is -2.55. The van der Waals surface area contributed by atoms with Crippen LogP contribution in [0.3, 0.4) is 0 Å². The quantitative estimate of drug-likeness (QED) is 0.464. The minimum atomic E-state index is -4.39. The molecule has 4 rings (SSSR count). The van der Waals surface area contributed by atoms with Gasteiger partial charge in [0.15, 0.2) is 5.78 Å². The molecule has 28 heavy (non-hydrogen) atoms. The Morgan fingerprint density at radius 1 is 0.964 bits per heavy atom. The number of Topliss-reactive ketones (excluding diaryl/α,β-unsaturated/α-hetero) is 1. The number of nitrogens with one attached hydrogen (secondary N) is 1. The number of hydrogen-bond acceptors (Lipinski definition) is 2. The van der Waals surface area contributed by atoms with Gasteiger partial charge in [-0.15, -0.1) is 0 Å². The normalized spacial score (nSPS) is 11.7. The Morgan fingerprint density at radius 2 is 1.75 bits per heavy atom. The van der Waals surface area contributed by atoms with Gasteiger partial charge in [-0.3, -0.25) is 4.79 Å². The van der Waals surface area contributed by atoms with Gasteiger partial charge in [0, 0.05) is 29.1 Å². The van der Waals surface area contributed by atoms with Gasteiger partial charge in [0.05, 0.1) is 11.3 Å². The van der Waals surface area contributed by atoms with Crippen molar-refractivity contribution in [2.24, 2.45) is 0 Å². The lowest BCUT2D eigenvalue weighted by Crippen LogP contribution is -2.08. The van der Waals surface area contributed by atoms with Crippen molar-refractivity contribution in [2.75, 3.05) is 0 Å². The van der Waals surface area contributed by atoms with Crippen LogP contribution in [0.25, 0.3) is 22.2 Å². The van der Waals surface area contributed by atoms with Gasteiger partial charge in [0.2, 0.25) is 0 Å². The van der Waals surface area contributed by atoms with Gasteiger partial charge in [-0.1, -0.05) is 24.3 Å². The van der Waals surface area contributed by atoms with Gasteiger partial charge < -0.3 is 4.98 Å². The lowest BCUT2D eigenvalue weighted by Gasteiger charge is -2.08. The van der Waals surface area contributed by atoms with E-state index >= 15 is 0 Å². The van der Waals surface area contributed by atoms with Gasteiger partial charge in [0.1, 0.15) is 5.69 Å². The number of rotatable bonds is 4. The minimum absolute atomic E-state index is 0.00850. The van der Waals surface area contributed by atoms with Crippen molar-refractivity contribution in [1.29, 1.82) is 0 Å². The van der Waals surface area contributed by atoms with E-state index < -0.39 is 11.7 Å². The molecule has 0 aliphatic heterocycles. The number of benzene rings is 2. The van der Waals surface area contributed by atoms with E-state index in [9.17, 15) is 18.0 Å². The molecule has 0 spiro atoms. The molecule has 0 unspecified atom stereocenters. The topological polar surface area (TPSA) is 45.8 Å². The van der Waals surface area contributed by atoms with Crippen molar-refractivity contribution < 1.29 is 18.0 Å². The van der Waals surface area contributed by atoms with Crippen LogP contribution in [0.1, 0.15) is 21.6 Å². The third-order valence-electron chi connectivity index (χ3n) is 4.53. The predicted molar refractivity (Wildman–Crippen MR) is 101 cm³/mol. The number of alkyl halides is 3. The molecule has 2 aromatic heterocycles. The first-order valence-electron chi connectivity index (χ1n) is 8.64. The van der Waals surface area contributed by atoms with E-state index in [0.29, 0.717) is 11.3 Å². The van der Waals surface area contributed by atoms with Crippen LogP contribution < -0.4 is 0 Å². The molecule has 0 atom stereocenters. The average Bonchev–Trinajstić information content (AvgIpc) is 3.15. The fourth-order valence-corrected chi connectivity index (χ4v) is 3.05. The molecular formula is C22H15F3N2O. The van der Waals surface area contributed by atoms with Crippen LogP contribution in [0.4, 0.5) is 13.2 Å². The highest BCUT2D eigenvalue weighted by Gasteiger charge is 2.30. The SMILES string of the molecule is O=C(Cc1ccc(C(F)(F)F)cc1)c1cccc(-c2ccc3[nH]ccc3c2)n1. The molecule has 4 aromatic rings. The molecule has 6 heteroatoms. The van der Waals surface area contributed by atoms with E-state index in [0.717, 1.165) is 28.6 Å². The van der Waals surface area contributed by atoms with E-state index in [1.807, 2.05) is 36.5 Å². The maximum Gasteiger partial charge on any atom is 0.416 e. The zero-order valence-electron chi connectivity index (χ0n) is 14.6. The van der Waals surface area contributed by atoms with Crippen LogP contribution in [0.2, 0.25) is 0 Å². The Hall–Kier alpha value is -3.41. The van der Waals surface area contributed by atoms with Gasteiger partial charge in [-0.05, 0) is 48.0 Å². The molecule has 0 aliphatic rings. The van der Waals surface area contributed by atoms with Gasteiger partial charge in [-0.2, -0.15) is 13.2 Å². The maximum atomic E-state index is 12.7. The van der Waals surface area contributed by atoms with Crippen LogP contribution in [-0.4, -0.2) is 15.8 Å². The Kier molecular flexibility index (Phi) is 4.47. The first kappa shape index (κ1) is 18.0. The molecule has 0 saturated carbocycles. The number of hydrogen-bond donors (Lipinski definition) is 1. The molecule has 3 nitrogen and oxygen atoms in total. The molecule has 0 radical (unpaired) electrons. The van der Waals surface area contributed by atoms with Crippen molar-refractivity contribution in [1.82, 2.24) is 9.97 Å². The summed E-state index contributed by atoms with van der Waals surface area (Å²) in [6, 6.07) is 17.6. The second-order valence-corrected chi connectivity index (χ2v) is 6.48. The lowest BCUT2D eigenvalue weighted by atomic mass is 10.0. The highest BCUT2D eigenvalue weighted by Crippen LogP contribution is 2.29. The number of aromatic amines is 1. The number of pyridine rings is 1. The monoisotopic (exact) mass is 380 g/mol. The first-order chi connectivity index (χ1) is 13.4. The second kappa shape index (κ2) is 6.96. The Morgan fingerprint density at radius 3 is 2.50 bits per heavy atom.